The van der Waals surface area contributed by atoms with E-state index in [0.29, 0.717) is 32.2 Å². The summed E-state index contributed by atoms with van der Waals surface area (Å²) in [7, 11) is 0. The molecule has 0 saturated carbocycles. The van der Waals surface area contributed by atoms with E-state index in [9.17, 15) is 19.2 Å². The Morgan fingerprint density at radius 2 is 1.30 bits per heavy atom. The second kappa shape index (κ2) is 19.3. The molecule has 3 unspecified atom stereocenters. The van der Waals surface area contributed by atoms with Gasteiger partial charge in [0.25, 0.3) is 0 Å². The number of ether oxygens (including phenoxy) is 5. The van der Waals surface area contributed by atoms with Crippen molar-refractivity contribution in [3.63, 3.8) is 0 Å². The number of ketones is 1. The van der Waals surface area contributed by atoms with Crippen LogP contribution in [0.15, 0.2) is 60.7 Å². The van der Waals surface area contributed by atoms with E-state index in [0.717, 1.165) is 24.2 Å². The molecule has 4 rings (SSSR count). The van der Waals surface area contributed by atoms with Gasteiger partial charge < -0.3 is 34.3 Å². The van der Waals surface area contributed by atoms with Crippen molar-refractivity contribution >= 4 is 23.9 Å². The van der Waals surface area contributed by atoms with Gasteiger partial charge in [-0.05, 0) is 44.2 Å². The molecule has 44 heavy (non-hydrogen) atoms. The highest BCUT2D eigenvalue weighted by Crippen LogP contribution is 2.13. The summed E-state index contributed by atoms with van der Waals surface area (Å²) in [5, 5.41) is 5.45. The highest BCUT2D eigenvalue weighted by Gasteiger charge is 2.23. The van der Waals surface area contributed by atoms with Crippen LogP contribution in [-0.4, -0.2) is 68.1 Å². The maximum absolute atomic E-state index is 11.6. The molecule has 242 valence electrons. The molecule has 2 saturated heterocycles. The topological polar surface area (TPSA) is 138 Å². The van der Waals surface area contributed by atoms with Crippen LogP contribution in [0.25, 0.3) is 0 Å². The first-order chi connectivity index (χ1) is 20.9. The smallest absolute Gasteiger partial charge is 0.407 e. The van der Waals surface area contributed by atoms with Gasteiger partial charge in [0, 0.05) is 20.0 Å². The van der Waals surface area contributed by atoms with E-state index in [4.69, 9.17) is 23.7 Å². The maximum atomic E-state index is 11.6. The lowest BCUT2D eigenvalue weighted by Crippen LogP contribution is -2.43. The lowest BCUT2D eigenvalue weighted by atomic mass is 10.0. The highest BCUT2D eigenvalue weighted by atomic mass is 16.6. The Balaban J connectivity index is 0.000000248. The lowest BCUT2D eigenvalue weighted by molar-refractivity contribution is -0.151. The average Bonchev–Trinajstić information content (AvgIpc) is 2.96. The summed E-state index contributed by atoms with van der Waals surface area (Å²) in [5.41, 5.74) is 1.58. The maximum Gasteiger partial charge on any atom is 0.407 e. The van der Waals surface area contributed by atoms with E-state index in [-0.39, 0.29) is 48.7 Å². The molecule has 3 atom stereocenters. The Bertz CT molecular complexity index is 1150. The average molecular weight is 615 g/mol. The first-order valence-corrected chi connectivity index (χ1v) is 14.7. The summed E-state index contributed by atoms with van der Waals surface area (Å²) in [6.07, 6.45) is 0.352. The zero-order chi connectivity index (χ0) is 32.4. The van der Waals surface area contributed by atoms with Crippen molar-refractivity contribution in [1.82, 2.24) is 10.6 Å². The molecule has 2 aliphatic rings. The standard InChI is InChI=1S/C14H19NO3.C13H15NO4.C6H12O2/c1-11-7-13(10-17-8-11)15-14(16)18-9-12-5-3-2-4-6-12;15-12-6-11(8-17-9-12)14-13(16)18-7-10-4-2-1-3-5-10;1-5(7)8-6(2,3)4/h2-6,11,13H,7-10H2,1H3,(H,15,16);1-5,11H,6-9H2,(H,14,16);1-4H3. The van der Waals surface area contributed by atoms with Crippen molar-refractivity contribution in [3.05, 3.63) is 71.8 Å². The first kappa shape index (κ1) is 36.2. The molecule has 11 heteroatoms. The molecule has 2 heterocycles. The van der Waals surface area contributed by atoms with Crippen LogP contribution in [0, 0.1) is 5.92 Å². The van der Waals surface area contributed by atoms with Crippen molar-refractivity contribution < 1.29 is 42.9 Å². The fourth-order valence-corrected chi connectivity index (χ4v) is 4.23. The van der Waals surface area contributed by atoms with Gasteiger partial charge in [-0.1, -0.05) is 67.6 Å². The normalized spacial score (nSPS) is 19.5. The monoisotopic (exact) mass is 614 g/mol. The van der Waals surface area contributed by atoms with Crippen LogP contribution in [0.1, 0.15) is 58.6 Å². The summed E-state index contributed by atoms with van der Waals surface area (Å²) < 4.78 is 25.4. The van der Waals surface area contributed by atoms with Crippen molar-refractivity contribution in [1.29, 1.82) is 0 Å². The Hall–Kier alpha value is -3.96. The second-order valence-corrected chi connectivity index (χ2v) is 11.6. The van der Waals surface area contributed by atoms with Crippen molar-refractivity contribution in [3.8, 4) is 0 Å². The largest absolute Gasteiger partial charge is 0.460 e. The third-order valence-electron chi connectivity index (χ3n) is 5.98. The van der Waals surface area contributed by atoms with Gasteiger partial charge in [-0.3, -0.25) is 9.59 Å². The van der Waals surface area contributed by atoms with Gasteiger partial charge in [-0.15, -0.1) is 0 Å². The molecule has 2 aromatic rings. The van der Waals surface area contributed by atoms with Gasteiger partial charge >= 0.3 is 18.2 Å². The molecule has 2 aliphatic heterocycles. The molecule has 0 aliphatic carbocycles. The van der Waals surface area contributed by atoms with Gasteiger partial charge in [0.15, 0.2) is 5.78 Å². The molecule has 2 fully saturated rings. The molecular formula is C33H46N2O9. The van der Waals surface area contributed by atoms with E-state index in [1.165, 1.54) is 6.92 Å². The van der Waals surface area contributed by atoms with Crippen molar-refractivity contribution in [2.24, 2.45) is 5.92 Å². The van der Waals surface area contributed by atoms with E-state index >= 15 is 0 Å². The Morgan fingerprint density at radius 1 is 0.795 bits per heavy atom. The zero-order valence-corrected chi connectivity index (χ0v) is 26.3. The van der Waals surface area contributed by atoms with Gasteiger partial charge in [-0.2, -0.15) is 0 Å². The van der Waals surface area contributed by atoms with Crippen molar-refractivity contribution in [2.75, 3.05) is 26.4 Å². The summed E-state index contributed by atoms with van der Waals surface area (Å²) in [6, 6.07) is 18.8. The number of hydrogen-bond donors (Lipinski definition) is 2. The molecule has 2 aromatic carbocycles. The Labute approximate surface area is 259 Å². The number of carbonyl (C=O) groups is 4. The third-order valence-corrected chi connectivity index (χ3v) is 5.98. The van der Waals surface area contributed by atoms with Gasteiger partial charge in [0.2, 0.25) is 0 Å². The summed E-state index contributed by atoms with van der Waals surface area (Å²) in [4.78, 5) is 44.4. The quantitative estimate of drug-likeness (QED) is 0.342. The minimum Gasteiger partial charge on any atom is -0.460 e. The number of rotatable bonds is 6. The molecule has 11 nitrogen and oxygen atoms in total. The van der Waals surface area contributed by atoms with E-state index in [1.54, 1.807) is 0 Å². The summed E-state index contributed by atoms with van der Waals surface area (Å²) in [6.45, 7) is 11.4. The molecule has 0 bridgehead atoms. The fraction of sp³-hybridized carbons (Fsp3) is 0.515. The van der Waals surface area contributed by atoms with Gasteiger partial charge in [0.05, 0.1) is 25.3 Å². The molecule has 2 N–H and O–H groups in total. The summed E-state index contributed by atoms with van der Waals surface area (Å²) in [5.74, 6) is 0.255. The Kier molecular flexibility index (Phi) is 15.9. The van der Waals surface area contributed by atoms with Gasteiger partial charge in [-0.25, -0.2) is 9.59 Å². The predicted molar refractivity (Wildman–Crippen MR) is 164 cm³/mol. The van der Waals surface area contributed by atoms with E-state index in [1.807, 2.05) is 81.4 Å². The van der Waals surface area contributed by atoms with Crippen LogP contribution in [0.5, 0.6) is 0 Å². The number of esters is 1. The molecular weight excluding hydrogens is 568 g/mol. The van der Waals surface area contributed by atoms with Crippen LogP contribution >= 0.6 is 0 Å². The predicted octanol–water partition coefficient (Wildman–Crippen LogP) is 4.96. The van der Waals surface area contributed by atoms with Gasteiger partial charge in [0.1, 0.15) is 25.4 Å². The van der Waals surface area contributed by atoms with Crippen LogP contribution in [0.2, 0.25) is 0 Å². The molecule has 0 aromatic heterocycles. The SMILES string of the molecule is CC(=O)OC(C)(C)C.CC1COCC(NC(=O)OCc2ccccc2)C1.O=C1COCC(NC(=O)OCc2ccccc2)C1. The van der Waals surface area contributed by atoms with Crippen LogP contribution in [0.4, 0.5) is 9.59 Å². The minimum atomic E-state index is -0.526. The number of carbonyl (C=O) groups excluding carboxylic acids is 4. The Morgan fingerprint density at radius 3 is 1.73 bits per heavy atom. The lowest BCUT2D eigenvalue weighted by Gasteiger charge is -2.27. The molecule has 0 radical (unpaired) electrons. The number of alkyl carbamates (subject to hydrolysis) is 2. The third kappa shape index (κ3) is 17.2. The van der Waals surface area contributed by atoms with Crippen LogP contribution in [-0.2, 0) is 46.5 Å². The molecule has 2 amide bonds. The number of benzene rings is 2. The van der Waals surface area contributed by atoms with Crippen molar-refractivity contribution in [2.45, 2.75) is 78.4 Å². The molecule has 0 spiro atoms. The number of hydrogen-bond acceptors (Lipinski definition) is 9. The second-order valence-electron chi connectivity index (χ2n) is 11.6. The zero-order valence-electron chi connectivity index (χ0n) is 26.3. The van der Waals surface area contributed by atoms with Crippen LogP contribution in [0.3, 0.4) is 0 Å². The van der Waals surface area contributed by atoms with E-state index in [2.05, 4.69) is 17.6 Å². The highest BCUT2D eigenvalue weighted by molar-refractivity contribution is 5.81. The minimum absolute atomic E-state index is 0.00499. The van der Waals surface area contributed by atoms with E-state index < -0.39 is 6.09 Å². The number of amides is 2. The fourth-order valence-electron chi connectivity index (χ4n) is 4.23. The van der Waals surface area contributed by atoms with Crippen LogP contribution < -0.4 is 10.6 Å². The summed E-state index contributed by atoms with van der Waals surface area (Å²) >= 11 is 0. The number of nitrogens with one attached hydrogen (secondary N) is 2. The first-order valence-electron chi connectivity index (χ1n) is 14.7. The number of Topliss-reactive ketones (excluding diaryl/α,β-unsaturated/α-hetero) is 1.